The quantitative estimate of drug-likeness (QED) is 0.823. The number of carbonyl (C=O) groups is 1. The number of nitrogens with zero attached hydrogens (tertiary/aromatic N) is 3. The molecule has 9 heteroatoms. The van der Waals surface area contributed by atoms with Gasteiger partial charge in [0.1, 0.15) is 0 Å². The van der Waals surface area contributed by atoms with Gasteiger partial charge in [-0.2, -0.15) is 0 Å². The minimum absolute atomic E-state index is 0.0254. The number of rotatable bonds is 2. The Bertz CT molecular complexity index is 953. The van der Waals surface area contributed by atoms with Gasteiger partial charge in [0.2, 0.25) is 0 Å². The van der Waals surface area contributed by atoms with Crippen molar-refractivity contribution in [1.29, 1.82) is 0 Å². The highest BCUT2D eigenvalue weighted by atomic mass is 32.2. The Balaban J connectivity index is 1.61. The van der Waals surface area contributed by atoms with E-state index < -0.39 is 15.1 Å². The van der Waals surface area contributed by atoms with Crippen molar-refractivity contribution in [2.24, 2.45) is 5.92 Å². The topological polar surface area (TPSA) is 96.6 Å². The summed E-state index contributed by atoms with van der Waals surface area (Å²) in [5.41, 5.74) is 6.94. The summed E-state index contributed by atoms with van der Waals surface area (Å²) >= 11 is 1.38. The number of aromatic nitrogens is 1. The second-order valence-corrected chi connectivity index (χ2v) is 10.3. The number of thiazole rings is 1. The van der Waals surface area contributed by atoms with Crippen molar-refractivity contribution in [3.8, 4) is 0 Å². The van der Waals surface area contributed by atoms with Gasteiger partial charge in [0, 0.05) is 30.6 Å². The second-order valence-electron chi connectivity index (χ2n) is 7.01. The highest BCUT2D eigenvalue weighted by Crippen LogP contribution is 2.36. The third-order valence-electron chi connectivity index (χ3n) is 5.27. The van der Waals surface area contributed by atoms with Crippen LogP contribution in [-0.4, -0.2) is 73.3 Å². The van der Waals surface area contributed by atoms with Crippen molar-refractivity contribution in [2.75, 3.05) is 38.7 Å². The predicted molar refractivity (Wildman–Crippen MR) is 98.5 cm³/mol. The number of likely N-dealkylation sites (tertiary alicyclic amines) is 1. The standard InChI is InChI=1S/C16H20N4O3S2/c1-19(2)12-8-25(22,23)14-7-20(6-10(12)14)15(21)9-3-4-13-11(5-9)18-16(17)24-13/h3-5,10,12,14H,6-8H2,1-2H3,(H2,17,18)/t10-,12+,14-/m0/s1. The van der Waals surface area contributed by atoms with Crippen LogP contribution in [0.4, 0.5) is 5.13 Å². The number of carbonyl (C=O) groups excluding carboxylic acids is 1. The molecule has 0 radical (unpaired) electrons. The first-order valence-electron chi connectivity index (χ1n) is 8.09. The Morgan fingerprint density at radius 3 is 2.84 bits per heavy atom. The van der Waals surface area contributed by atoms with E-state index in [0.29, 0.717) is 22.8 Å². The van der Waals surface area contributed by atoms with Gasteiger partial charge >= 0.3 is 0 Å². The summed E-state index contributed by atoms with van der Waals surface area (Å²) in [7, 11) is 0.632. The zero-order valence-electron chi connectivity index (χ0n) is 14.0. The molecule has 25 heavy (non-hydrogen) atoms. The van der Waals surface area contributed by atoms with E-state index in [1.54, 1.807) is 17.0 Å². The Labute approximate surface area is 150 Å². The largest absolute Gasteiger partial charge is 0.375 e. The molecule has 2 saturated heterocycles. The summed E-state index contributed by atoms with van der Waals surface area (Å²) in [4.78, 5) is 20.7. The zero-order valence-corrected chi connectivity index (χ0v) is 15.7. The van der Waals surface area contributed by atoms with E-state index in [9.17, 15) is 13.2 Å². The number of sulfone groups is 1. The van der Waals surface area contributed by atoms with E-state index >= 15 is 0 Å². The van der Waals surface area contributed by atoms with Gasteiger partial charge in [-0.15, -0.1) is 0 Å². The molecule has 2 fully saturated rings. The Hall–Kier alpha value is -1.71. The monoisotopic (exact) mass is 380 g/mol. The number of amides is 1. The molecule has 2 aromatic rings. The van der Waals surface area contributed by atoms with Crippen molar-refractivity contribution >= 4 is 42.4 Å². The highest BCUT2D eigenvalue weighted by molar-refractivity contribution is 7.92. The Morgan fingerprint density at radius 2 is 2.12 bits per heavy atom. The van der Waals surface area contributed by atoms with Crippen LogP contribution in [0.25, 0.3) is 10.2 Å². The highest BCUT2D eigenvalue weighted by Gasteiger charge is 2.53. The van der Waals surface area contributed by atoms with E-state index in [4.69, 9.17) is 5.73 Å². The summed E-state index contributed by atoms with van der Waals surface area (Å²) < 4.78 is 25.8. The molecular formula is C16H20N4O3S2. The first kappa shape index (κ1) is 16.7. The fourth-order valence-electron chi connectivity index (χ4n) is 3.99. The summed E-state index contributed by atoms with van der Waals surface area (Å²) in [5.74, 6) is 0.0136. The third-order valence-corrected chi connectivity index (χ3v) is 8.36. The maximum atomic E-state index is 12.9. The van der Waals surface area contributed by atoms with Crippen LogP contribution < -0.4 is 5.73 Å². The number of hydrogen-bond acceptors (Lipinski definition) is 7. The molecule has 2 N–H and O–H groups in total. The van der Waals surface area contributed by atoms with Gasteiger partial charge in [-0.1, -0.05) is 11.3 Å². The van der Waals surface area contributed by atoms with Crippen molar-refractivity contribution in [3.05, 3.63) is 23.8 Å². The molecule has 2 aliphatic rings. The average Bonchev–Trinajstić information content (AvgIpc) is 3.19. The van der Waals surface area contributed by atoms with Crippen LogP contribution in [0.5, 0.6) is 0 Å². The van der Waals surface area contributed by atoms with E-state index in [1.165, 1.54) is 11.3 Å². The number of anilines is 1. The second kappa shape index (κ2) is 5.65. The molecular weight excluding hydrogens is 360 g/mol. The number of hydrogen-bond donors (Lipinski definition) is 1. The summed E-state index contributed by atoms with van der Waals surface area (Å²) in [6.45, 7) is 0.746. The lowest BCUT2D eigenvalue weighted by Gasteiger charge is -2.25. The first-order chi connectivity index (χ1) is 11.8. The molecule has 2 aliphatic heterocycles. The molecule has 0 spiro atoms. The first-order valence-corrected chi connectivity index (χ1v) is 10.6. The number of nitrogens with two attached hydrogens (primary N) is 1. The molecule has 0 saturated carbocycles. The van der Waals surface area contributed by atoms with Crippen molar-refractivity contribution in [2.45, 2.75) is 11.3 Å². The molecule has 3 atom stereocenters. The minimum Gasteiger partial charge on any atom is -0.375 e. The van der Waals surface area contributed by atoms with Crippen LogP contribution in [0.2, 0.25) is 0 Å². The van der Waals surface area contributed by atoms with Gasteiger partial charge < -0.3 is 15.5 Å². The van der Waals surface area contributed by atoms with Gasteiger partial charge in [-0.25, -0.2) is 13.4 Å². The fraction of sp³-hybridized carbons (Fsp3) is 0.500. The molecule has 0 aliphatic carbocycles. The predicted octanol–water partition coefficient (Wildman–Crippen LogP) is 0.678. The van der Waals surface area contributed by atoms with Crippen LogP contribution in [0.15, 0.2) is 18.2 Å². The minimum atomic E-state index is -3.16. The van der Waals surface area contributed by atoms with E-state index in [1.807, 2.05) is 25.1 Å². The summed E-state index contributed by atoms with van der Waals surface area (Å²) in [6.07, 6.45) is 0. The van der Waals surface area contributed by atoms with Gasteiger partial charge in [-0.3, -0.25) is 4.79 Å². The van der Waals surface area contributed by atoms with Crippen LogP contribution in [-0.2, 0) is 9.84 Å². The smallest absolute Gasteiger partial charge is 0.253 e. The normalized spacial score (nSPS) is 28.0. The molecule has 0 unspecified atom stereocenters. The maximum Gasteiger partial charge on any atom is 0.253 e. The van der Waals surface area contributed by atoms with Crippen molar-refractivity contribution in [1.82, 2.24) is 14.8 Å². The molecule has 1 aromatic carbocycles. The van der Waals surface area contributed by atoms with Crippen molar-refractivity contribution in [3.63, 3.8) is 0 Å². The third kappa shape index (κ3) is 2.70. The molecule has 0 bridgehead atoms. The Kier molecular flexibility index (Phi) is 3.78. The number of benzene rings is 1. The van der Waals surface area contributed by atoms with Gasteiger partial charge in [0.25, 0.3) is 5.91 Å². The molecule has 7 nitrogen and oxygen atoms in total. The molecule has 1 amide bonds. The van der Waals surface area contributed by atoms with E-state index in [2.05, 4.69) is 4.98 Å². The molecule has 3 heterocycles. The van der Waals surface area contributed by atoms with Gasteiger partial charge in [0.15, 0.2) is 15.0 Å². The van der Waals surface area contributed by atoms with Gasteiger partial charge in [0.05, 0.1) is 21.2 Å². The number of nitrogen functional groups attached to an aromatic ring is 1. The van der Waals surface area contributed by atoms with E-state index in [0.717, 1.165) is 4.70 Å². The molecule has 4 rings (SSSR count). The van der Waals surface area contributed by atoms with Crippen LogP contribution in [0, 0.1) is 5.92 Å². The number of fused-ring (bicyclic) bond motifs is 2. The summed E-state index contributed by atoms with van der Waals surface area (Å²) in [6, 6.07) is 5.30. The van der Waals surface area contributed by atoms with Crippen LogP contribution in [0.3, 0.4) is 0 Å². The SMILES string of the molecule is CN(C)[C@@H]1CS(=O)(=O)[C@H]2CN(C(=O)c3ccc4sc(N)nc4c3)C[C@@H]12. The van der Waals surface area contributed by atoms with Crippen LogP contribution in [0.1, 0.15) is 10.4 Å². The van der Waals surface area contributed by atoms with Crippen molar-refractivity contribution < 1.29 is 13.2 Å². The zero-order chi connectivity index (χ0) is 17.9. The van der Waals surface area contributed by atoms with E-state index in [-0.39, 0.29) is 30.2 Å². The average molecular weight is 380 g/mol. The van der Waals surface area contributed by atoms with Crippen LogP contribution >= 0.6 is 11.3 Å². The Morgan fingerprint density at radius 1 is 1.36 bits per heavy atom. The summed E-state index contributed by atoms with van der Waals surface area (Å²) in [5, 5.41) is 0.0118. The maximum absolute atomic E-state index is 12.9. The lowest BCUT2D eigenvalue weighted by atomic mass is 10.00. The fourth-order valence-corrected chi connectivity index (χ4v) is 7.18. The lowest BCUT2D eigenvalue weighted by Crippen LogP contribution is -2.38. The molecule has 1 aromatic heterocycles. The van der Waals surface area contributed by atoms with Gasteiger partial charge in [-0.05, 0) is 32.3 Å². The lowest BCUT2D eigenvalue weighted by molar-refractivity contribution is 0.0779. The molecule has 134 valence electrons.